The van der Waals surface area contributed by atoms with Gasteiger partial charge in [0.25, 0.3) is 0 Å². The molecule has 3 saturated heterocycles. The van der Waals surface area contributed by atoms with Crippen LogP contribution in [0.5, 0.6) is 0 Å². The third-order valence-corrected chi connectivity index (χ3v) is 7.20. The summed E-state index contributed by atoms with van der Waals surface area (Å²) in [4.78, 5) is 31.4. The molecule has 0 bridgehead atoms. The third kappa shape index (κ3) is 4.71. The average Bonchev–Trinajstić information content (AvgIpc) is 2.73. The van der Waals surface area contributed by atoms with Gasteiger partial charge in [0.05, 0.1) is 18.2 Å². The molecule has 4 fully saturated rings. The van der Waals surface area contributed by atoms with Crippen molar-refractivity contribution >= 4 is 12.0 Å². The summed E-state index contributed by atoms with van der Waals surface area (Å²) in [6.45, 7) is 7.71. The maximum Gasteiger partial charge on any atom is 0.410 e. The molecule has 29 heavy (non-hydrogen) atoms. The SMILES string of the molecule is CC(C)OC(=O)N1CCC(N2CCC(N3C(=O)COC4CCCC[C@H]43)CC2)CC1. The Hall–Kier alpha value is -1.34. The molecule has 7 heteroatoms. The molecule has 4 aliphatic rings. The Morgan fingerprint density at radius 3 is 2.31 bits per heavy atom. The van der Waals surface area contributed by atoms with E-state index in [1.165, 1.54) is 12.8 Å². The van der Waals surface area contributed by atoms with Gasteiger partial charge in [-0.1, -0.05) is 12.8 Å². The molecule has 0 aromatic rings. The van der Waals surface area contributed by atoms with E-state index in [-0.39, 0.29) is 30.8 Å². The summed E-state index contributed by atoms with van der Waals surface area (Å²) in [5, 5.41) is 0. The van der Waals surface area contributed by atoms with Crippen LogP contribution in [-0.4, -0.2) is 89.8 Å². The van der Waals surface area contributed by atoms with Crippen LogP contribution in [0.4, 0.5) is 4.79 Å². The van der Waals surface area contributed by atoms with Crippen molar-refractivity contribution in [3.8, 4) is 0 Å². The van der Waals surface area contributed by atoms with E-state index in [4.69, 9.17) is 9.47 Å². The molecule has 164 valence electrons. The Bertz CT molecular complexity index is 583. The number of piperidine rings is 2. The molecule has 1 saturated carbocycles. The van der Waals surface area contributed by atoms with Crippen molar-refractivity contribution in [2.75, 3.05) is 32.8 Å². The van der Waals surface area contributed by atoms with E-state index in [0.717, 1.165) is 64.7 Å². The third-order valence-electron chi connectivity index (χ3n) is 7.20. The summed E-state index contributed by atoms with van der Waals surface area (Å²) < 4.78 is 11.2. The Morgan fingerprint density at radius 2 is 1.62 bits per heavy atom. The highest BCUT2D eigenvalue weighted by Gasteiger charge is 2.42. The minimum absolute atomic E-state index is 0.0640. The minimum Gasteiger partial charge on any atom is -0.447 e. The van der Waals surface area contributed by atoms with Crippen molar-refractivity contribution in [1.82, 2.24) is 14.7 Å². The quantitative estimate of drug-likeness (QED) is 0.720. The molecule has 7 nitrogen and oxygen atoms in total. The summed E-state index contributed by atoms with van der Waals surface area (Å²) in [6.07, 6.45) is 8.81. The largest absolute Gasteiger partial charge is 0.447 e. The Morgan fingerprint density at radius 1 is 0.966 bits per heavy atom. The van der Waals surface area contributed by atoms with E-state index in [9.17, 15) is 9.59 Å². The minimum atomic E-state index is -0.176. The van der Waals surface area contributed by atoms with E-state index < -0.39 is 0 Å². The lowest BCUT2D eigenvalue weighted by molar-refractivity contribution is -0.167. The molecule has 0 N–H and O–H groups in total. The molecule has 3 heterocycles. The second-order valence-corrected chi connectivity index (χ2v) is 9.42. The fourth-order valence-electron chi connectivity index (χ4n) is 5.72. The molecule has 0 aromatic heterocycles. The summed E-state index contributed by atoms with van der Waals surface area (Å²) >= 11 is 0. The zero-order valence-corrected chi connectivity index (χ0v) is 18.1. The van der Waals surface area contributed by atoms with Crippen LogP contribution in [0, 0.1) is 0 Å². The standard InChI is InChI=1S/C22H37N3O4/c1-16(2)29-22(27)24-13-7-17(8-14-24)23-11-9-18(10-12-23)25-19-5-3-4-6-20(19)28-15-21(25)26/h16-20H,3-15H2,1-2H3/t19-,20?/m1/s1. The maximum atomic E-state index is 12.6. The van der Waals surface area contributed by atoms with Crippen LogP contribution in [0.15, 0.2) is 0 Å². The second-order valence-electron chi connectivity index (χ2n) is 9.42. The number of amides is 2. The number of hydrogen-bond acceptors (Lipinski definition) is 5. The summed E-state index contributed by atoms with van der Waals surface area (Å²) in [5.41, 5.74) is 0. The van der Waals surface area contributed by atoms with E-state index in [1.807, 2.05) is 18.7 Å². The Balaban J connectivity index is 1.26. The summed E-state index contributed by atoms with van der Waals surface area (Å²) in [6, 6.07) is 1.22. The lowest BCUT2D eigenvalue weighted by Crippen LogP contribution is -2.61. The molecule has 4 rings (SSSR count). The van der Waals surface area contributed by atoms with Gasteiger partial charge in [-0.25, -0.2) is 4.79 Å². The van der Waals surface area contributed by atoms with Gasteiger partial charge in [-0.2, -0.15) is 0 Å². The Kier molecular flexibility index (Phi) is 6.64. The van der Waals surface area contributed by atoms with Gasteiger partial charge in [-0.05, 0) is 52.4 Å². The number of fused-ring (bicyclic) bond motifs is 1. The number of nitrogens with zero attached hydrogens (tertiary/aromatic N) is 3. The van der Waals surface area contributed by atoms with Gasteiger partial charge in [0.15, 0.2) is 0 Å². The van der Waals surface area contributed by atoms with Crippen molar-refractivity contribution in [3.05, 3.63) is 0 Å². The van der Waals surface area contributed by atoms with Crippen molar-refractivity contribution in [2.24, 2.45) is 0 Å². The van der Waals surface area contributed by atoms with Gasteiger partial charge < -0.3 is 24.2 Å². The number of carbonyl (C=O) groups is 2. The van der Waals surface area contributed by atoms with Gasteiger partial charge in [0.2, 0.25) is 5.91 Å². The van der Waals surface area contributed by atoms with Gasteiger partial charge in [-0.3, -0.25) is 4.79 Å². The van der Waals surface area contributed by atoms with Gasteiger partial charge in [0, 0.05) is 38.3 Å². The van der Waals surface area contributed by atoms with E-state index in [1.54, 1.807) is 0 Å². The van der Waals surface area contributed by atoms with Crippen molar-refractivity contribution in [3.63, 3.8) is 0 Å². The second kappa shape index (κ2) is 9.21. The lowest BCUT2D eigenvalue weighted by Gasteiger charge is -2.50. The van der Waals surface area contributed by atoms with E-state index in [2.05, 4.69) is 9.80 Å². The highest BCUT2D eigenvalue weighted by atomic mass is 16.6. The normalized spacial score (nSPS) is 30.5. The van der Waals surface area contributed by atoms with Crippen LogP contribution in [0.2, 0.25) is 0 Å². The van der Waals surface area contributed by atoms with Crippen molar-refractivity contribution in [2.45, 2.75) is 95.5 Å². The topological polar surface area (TPSA) is 62.3 Å². The van der Waals surface area contributed by atoms with Crippen LogP contribution < -0.4 is 0 Å². The van der Waals surface area contributed by atoms with Crippen LogP contribution in [0.25, 0.3) is 0 Å². The van der Waals surface area contributed by atoms with Crippen LogP contribution in [0.1, 0.15) is 65.2 Å². The number of carbonyl (C=O) groups excluding carboxylic acids is 2. The zero-order chi connectivity index (χ0) is 20.4. The first-order chi connectivity index (χ1) is 14.0. The number of likely N-dealkylation sites (tertiary alicyclic amines) is 2. The highest BCUT2D eigenvalue weighted by Crippen LogP contribution is 2.33. The lowest BCUT2D eigenvalue weighted by atomic mass is 9.87. The molecule has 1 unspecified atom stereocenters. The Labute approximate surface area is 174 Å². The van der Waals surface area contributed by atoms with Crippen molar-refractivity contribution < 1.29 is 19.1 Å². The smallest absolute Gasteiger partial charge is 0.410 e. The molecular weight excluding hydrogens is 370 g/mol. The van der Waals surface area contributed by atoms with Gasteiger partial charge in [-0.15, -0.1) is 0 Å². The van der Waals surface area contributed by atoms with Crippen LogP contribution in [0.3, 0.4) is 0 Å². The first-order valence-corrected chi connectivity index (χ1v) is 11.7. The summed E-state index contributed by atoms with van der Waals surface area (Å²) in [5.74, 6) is 0.198. The predicted octanol–water partition coefficient (Wildman–Crippen LogP) is 2.63. The number of ether oxygens (including phenoxy) is 2. The monoisotopic (exact) mass is 407 g/mol. The number of rotatable bonds is 3. The van der Waals surface area contributed by atoms with Gasteiger partial charge in [0.1, 0.15) is 6.61 Å². The van der Waals surface area contributed by atoms with Crippen LogP contribution >= 0.6 is 0 Å². The fraction of sp³-hybridized carbons (Fsp3) is 0.909. The molecule has 3 aliphatic heterocycles. The van der Waals surface area contributed by atoms with Gasteiger partial charge >= 0.3 is 6.09 Å². The number of hydrogen-bond donors (Lipinski definition) is 0. The first-order valence-electron chi connectivity index (χ1n) is 11.7. The predicted molar refractivity (Wildman–Crippen MR) is 110 cm³/mol. The fourth-order valence-corrected chi connectivity index (χ4v) is 5.72. The molecular formula is C22H37N3O4. The first kappa shape index (κ1) is 20.9. The molecule has 1 aliphatic carbocycles. The average molecular weight is 408 g/mol. The molecule has 2 amide bonds. The molecule has 0 spiro atoms. The zero-order valence-electron chi connectivity index (χ0n) is 18.1. The maximum absolute atomic E-state index is 12.6. The molecule has 0 radical (unpaired) electrons. The van der Waals surface area contributed by atoms with E-state index >= 15 is 0 Å². The molecule has 2 atom stereocenters. The number of morpholine rings is 1. The van der Waals surface area contributed by atoms with Crippen molar-refractivity contribution in [1.29, 1.82) is 0 Å². The molecule has 0 aromatic carbocycles. The van der Waals surface area contributed by atoms with Crippen LogP contribution in [-0.2, 0) is 14.3 Å². The summed E-state index contributed by atoms with van der Waals surface area (Å²) in [7, 11) is 0. The highest BCUT2D eigenvalue weighted by molar-refractivity contribution is 5.79. The van der Waals surface area contributed by atoms with E-state index in [0.29, 0.717) is 18.1 Å².